The molecule has 8 heteroatoms. The second kappa shape index (κ2) is 5.04. The second-order valence-electron chi connectivity index (χ2n) is 4.72. The lowest BCUT2D eigenvalue weighted by Gasteiger charge is -2.11. The van der Waals surface area contributed by atoms with Gasteiger partial charge in [-0.3, -0.25) is 4.40 Å². The van der Waals surface area contributed by atoms with Crippen molar-refractivity contribution >= 4 is 21.5 Å². The van der Waals surface area contributed by atoms with E-state index in [4.69, 9.17) is 10.5 Å². The van der Waals surface area contributed by atoms with E-state index >= 15 is 0 Å². The third-order valence-electron chi connectivity index (χ3n) is 3.29. The molecule has 0 radical (unpaired) electrons. The van der Waals surface area contributed by atoms with Crippen LogP contribution in [0.1, 0.15) is 12.8 Å². The largest absolute Gasteiger partial charge is 0.381 e. The van der Waals surface area contributed by atoms with Crippen LogP contribution in [0.3, 0.4) is 0 Å². The number of fused-ring (bicyclic) bond motifs is 1. The summed E-state index contributed by atoms with van der Waals surface area (Å²) in [6, 6.07) is 5.21. The lowest BCUT2D eigenvalue weighted by atomic mass is 10.2. The third-order valence-corrected chi connectivity index (χ3v) is 4.75. The zero-order chi connectivity index (χ0) is 14.2. The number of rotatable bonds is 4. The van der Waals surface area contributed by atoms with E-state index in [0.29, 0.717) is 12.3 Å². The summed E-state index contributed by atoms with van der Waals surface area (Å²) in [5.41, 5.74) is 6.24. The van der Waals surface area contributed by atoms with Crippen molar-refractivity contribution in [3.63, 3.8) is 0 Å². The highest BCUT2D eigenvalue weighted by Gasteiger charge is 2.25. The first-order valence-corrected chi connectivity index (χ1v) is 7.90. The number of ether oxygens (including phenoxy) is 1. The zero-order valence-corrected chi connectivity index (χ0v) is 11.6. The van der Waals surface area contributed by atoms with Crippen molar-refractivity contribution in [1.82, 2.24) is 14.1 Å². The van der Waals surface area contributed by atoms with Gasteiger partial charge in [-0.25, -0.2) is 18.1 Å². The quantitative estimate of drug-likeness (QED) is 0.849. The second-order valence-corrected chi connectivity index (χ2v) is 6.40. The summed E-state index contributed by atoms with van der Waals surface area (Å²) in [5.74, 6) is -0.00367. The minimum Gasteiger partial charge on any atom is -0.381 e. The van der Waals surface area contributed by atoms with Crippen molar-refractivity contribution in [1.29, 1.82) is 0 Å². The number of pyridine rings is 1. The standard InChI is InChI=1S/C12H16N4O3S/c13-11-12(16-6-2-1-5-10(16)15-11)20(17,18)14-8-9-4-3-7-19-9/h1-2,5-6,9,14H,3-4,7-8,13H2. The predicted octanol–water partition coefficient (Wildman–Crippen LogP) is 0.374. The van der Waals surface area contributed by atoms with Crippen molar-refractivity contribution in [3.8, 4) is 0 Å². The summed E-state index contributed by atoms with van der Waals surface area (Å²) in [5, 5.41) is -0.0221. The molecule has 1 aliphatic rings. The highest BCUT2D eigenvalue weighted by atomic mass is 32.2. The Morgan fingerprint density at radius 3 is 3.10 bits per heavy atom. The number of anilines is 1. The number of nitrogen functional groups attached to an aromatic ring is 1. The van der Waals surface area contributed by atoms with Crippen LogP contribution in [0.2, 0.25) is 0 Å². The van der Waals surface area contributed by atoms with Crippen LogP contribution in [0.25, 0.3) is 5.65 Å². The number of nitrogens with two attached hydrogens (primary N) is 1. The summed E-state index contributed by atoms with van der Waals surface area (Å²) < 4.78 is 34.2. The number of imidazole rings is 1. The number of nitrogens with zero attached hydrogens (tertiary/aromatic N) is 2. The Balaban J connectivity index is 1.90. The average Bonchev–Trinajstić information content (AvgIpc) is 3.02. The molecule has 3 heterocycles. The molecule has 1 saturated heterocycles. The van der Waals surface area contributed by atoms with E-state index in [9.17, 15) is 8.42 Å². The van der Waals surface area contributed by atoms with Gasteiger partial charge in [0.1, 0.15) is 5.65 Å². The molecule has 0 amide bonds. The monoisotopic (exact) mass is 296 g/mol. The van der Waals surface area contributed by atoms with E-state index in [-0.39, 0.29) is 23.5 Å². The van der Waals surface area contributed by atoms with Gasteiger partial charge < -0.3 is 10.5 Å². The molecular weight excluding hydrogens is 280 g/mol. The van der Waals surface area contributed by atoms with Gasteiger partial charge in [0.25, 0.3) is 10.0 Å². The fourth-order valence-electron chi connectivity index (χ4n) is 2.34. The fraction of sp³-hybridized carbons (Fsp3) is 0.417. The summed E-state index contributed by atoms with van der Waals surface area (Å²) in [7, 11) is -3.72. The smallest absolute Gasteiger partial charge is 0.260 e. The highest BCUT2D eigenvalue weighted by molar-refractivity contribution is 7.89. The SMILES string of the molecule is Nc1nc2ccccn2c1S(=O)(=O)NCC1CCCO1. The van der Waals surface area contributed by atoms with E-state index in [1.165, 1.54) is 4.40 Å². The Morgan fingerprint density at radius 1 is 1.50 bits per heavy atom. The maximum absolute atomic E-state index is 12.4. The predicted molar refractivity (Wildman–Crippen MR) is 73.8 cm³/mol. The Morgan fingerprint density at radius 2 is 2.35 bits per heavy atom. The fourth-order valence-corrected chi connectivity index (χ4v) is 3.61. The van der Waals surface area contributed by atoms with Crippen molar-refractivity contribution in [2.45, 2.75) is 24.0 Å². The number of hydrogen-bond acceptors (Lipinski definition) is 5. The maximum Gasteiger partial charge on any atom is 0.260 e. The average molecular weight is 296 g/mol. The van der Waals surface area contributed by atoms with Crippen molar-refractivity contribution < 1.29 is 13.2 Å². The van der Waals surface area contributed by atoms with Crippen molar-refractivity contribution in [2.24, 2.45) is 0 Å². The molecule has 7 nitrogen and oxygen atoms in total. The molecule has 1 aliphatic heterocycles. The Hall–Kier alpha value is -1.64. The first kappa shape index (κ1) is 13.3. The topological polar surface area (TPSA) is 98.7 Å². The van der Waals surface area contributed by atoms with Crippen LogP contribution in [0, 0.1) is 0 Å². The van der Waals surface area contributed by atoms with Crippen LogP contribution in [-0.2, 0) is 14.8 Å². The molecular formula is C12H16N4O3S. The molecule has 0 saturated carbocycles. The molecule has 3 N–H and O–H groups in total. The van der Waals surface area contributed by atoms with Gasteiger partial charge in [-0.1, -0.05) is 6.07 Å². The lowest BCUT2D eigenvalue weighted by Crippen LogP contribution is -2.32. The van der Waals surface area contributed by atoms with E-state index < -0.39 is 10.0 Å². The summed E-state index contributed by atoms with van der Waals surface area (Å²) in [6.45, 7) is 0.936. The maximum atomic E-state index is 12.4. The number of nitrogens with one attached hydrogen (secondary N) is 1. The molecule has 1 fully saturated rings. The van der Waals surface area contributed by atoms with Gasteiger partial charge in [-0.2, -0.15) is 0 Å². The van der Waals surface area contributed by atoms with E-state index in [1.54, 1.807) is 24.4 Å². The third kappa shape index (κ3) is 2.37. The molecule has 2 aromatic heterocycles. The summed E-state index contributed by atoms with van der Waals surface area (Å²) in [4.78, 5) is 4.05. The number of aromatic nitrogens is 2. The molecule has 0 aromatic carbocycles. The molecule has 1 atom stereocenters. The van der Waals surface area contributed by atoms with Gasteiger partial charge in [0.15, 0.2) is 10.8 Å². The molecule has 20 heavy (non-hydrogen) atoms. The first-order valence-electron chi connectivity index (χ1n) is 6.42. The van der Waals surface area contributed by atoms with Crippen LogP contribution >= 0.6 is 0 Å². The minimum absolute atomic E-state index is 0.00367. The van der Waals surface area contributed by atoms with Crippen LogP contribution < -0.4 is 10.5 Å². The number of sulfonamides is 1. The van der Waals surface area contributed by atoms with E-state index in [0.717, 1.165) is 12.8 Å². The van der Waals surface area contributed by atoms with Gasteiger partial charge >= 0.3 is 0 Å². The molecule has 2 aromatic rings. The molecule has 0 aliphatic carbocycles. The Labute approximate surface area is 116 Å². The number of hydrogen-bond donors (Lipinski definition) is 2. The van der Waals surface area contributed by atoms with Crippen molar-refractivity contribution in [2.75, 3.05) is 18.9 Å². The van der Waals surface area contributed by atoms with Gasteiger partial charge in [0, 0.05) is 19.3 Å². The van der Waals surface area contributed by atoms with Crippen molar-refractivity contribution in [3.05, 3.63) is 24.4 Å². The van der Waals surface area contributed by atoms with Gasteiger partial charge in [0.2, 0.25) is 0 Å². The van der Waals surface area contributed by atoms with Crippen LogP contribution in [0.4, 0.5) is 5.82 Å². The normalized spacial score (nSPS) is 19.7. The minimum atomic E-state index is -3.72. The van der Waals surface area contributed by atoms with E-state index in [2.05, 4.69) is 9.71 Å². The summed E-state index contributed by atoms with van der Waals surface area (Å²) >= 11 is 0. The zero-order valence-electron chi connectivity index (χ0n) is 10.8. The first-order chi connectivity index (χ1) is 9.58. The molecule has 1 unspecified atom stereocenters. The Kier molecular flexibility index (Phi) is 3.36. The molecule has 0 spiro atoms. The van der Waals surface area contributed by atoms with E-state index in [1.807, 2.05) is 0 Å². The van der Waals surface area contributed by atoms with Gasteiger partial charge in [0.05, 0.1) is 6.10 Å². The molecule has 0 bridgehead atoms. The molecule has 3 rings (SSSR count). The highest BCUT2D eigenvalue weighted by Crippen LogP contribution is 2.20. The summed E-state index contributed by atoms with van der Waals surface area (Å²) in [6.07, 6.45) is 3.39. The van der Waals surface area contributed by atoms with Gasteiger partial charge in [-0.05, 0) is 25.0 Å². The molecule has 108 valence electrons. The van der Waals surface area contributed by atoms with Gasteiger partial charge in [-0.15, -0.1) is 0 Å². The van der Waals surface area contributed by atoms with Crippen LogP contribution in [-0.4, -0.2) is 37.1 Å². The lowest BCUT2D eigenvalue weighted by molar-refractivity contribution is 0.114. The Bertz CT molecular complexity index is 719. The van der Waals surface area contributed by atoms with Crippen LogP contribution in [0.15, 0.2) is 29.4 Å². The van der Waals surface area contributed by atoms with Crippen LogP contribution in [0.5, 0.6) is 0 Å².